The zero-order valence-electron chi connectivity index (χ0n) is 14.6. The molecule has 1 heterocycles. The van der Waals surface area contributed by atoms with E-state index in [1.54, 1.807) is 50.6 Å². The molecule has 8 heteroatoms. The normalized spacial score (nSPS) is 12.3. The van der Waals surface area contributed by atoms with Crippen LogP contribution in [-0.2, 0) is 12.8 Å². The van der Waals surface area contributed by atoms with Crippen LogP contribution in [0.25, 0.3) is 0 Å². The van der Waals surface area contributed by atoms with Gasteiger partial charge in [0, 0.05) is 32.8 Å². The van der Waals surface area contributed by atoms with Crippen LogP contribution in [0.5, 0.6) is 0 Å². The number of pyridine rings is 1. The van der Waals surface area contributed by atoms with Gasteiger partial charge in [-0.15, -0.1) is 24.8 Å². The molecule has 2 rings (SSSR count). The Morgan fingerprint density at radius 1 is 1.19 bits per heavy atom. The predicted octanol–water partition coefficient (Wildman–Crippen LogP) is 2.24. The van der Waals surface area contributed by atoms with Crippen molar-refractivity contribution in [1.82, 2.24) is 9.88 Å². The van der Waals surface area contributed by atoms with E-state index in [1.165, 1.54) is 11.0 Å². The standard InChI is InChI=1S/C18H22FN3O2.2ClH/c1-22(2)18(24)13-7-5-9-21-16(13)11-17(23)15(20)10-12-6-3-4-8-14(12)19;;/h3-9,15,17,23H,10-11,20H2,1-2H3;2*1H/t15-,17+;;/m1../s1. The maximum absolute atomic E-state index is 13.7. The van der Waals surface area contributed by atoms with E-state index in [1.807, 2.05) is 0 Å². The van der Waals surface area contributed by atoms with Gasteiger partial charge in [-0.1, -0.05) is 18.2 Å². The molecule has 2 atom stereocenters. The molecule has 0 unspecified atom stereocenters. The largest absolute Gasteiger partial charge is 0.391 e. The number of nitrogens with two attached hydrogens (primary N) is 1. The Hall–Kier alpha value is -1.73. The number of nitrogens with zero attached hydrogens (tertiary/aromatic N) is 2. The van der Waals surface area contributed by atoms with E-state index >= 15 is 0 Å². The second-order valence-electron chi connectivity index (χ2n) is 5.93. The van der Waals surface area contributed by atoms with E-state index in [9.17, 15) is 14.3 Å². The Labute approximate surface area is 165 Å². The number of aliphatic hydroxyl groups excluding tert-OH is 1. The van der Waals surface area contributed by atoms with E-state index in [0.29, 0.717) is 16.8 Å². The van der Waals surface area contributed by atoms with E-state index in [0.717, 1.165) is 0 Å². The first kappa shape index (κ1) is 24.3. The molecule has 0 aliphatic rings. The van der Waals surface area contributed by atoms with E-state index in [4.69, 9.17) is 5.73 Å². The van der Waals surface area contributed by atoms with Gasteiger partial charge in [0.15, 0.2) is 0 Å². The van der Waals surface area contributed by atoms with Crippen molar-refractivity contribution in [3.05, 3.63) is 65.2 Å². The molecule has 0 radical (unpaired) electrons. The lowest BCUT2D eigenvalue weighted by molar-refractivity contribution is 0.0824. The molecule has 0 fully saturated rings. The Balaban J connectivity index is 0.00000312. The monoisotopic (exact) mass is 403 g/mol. The molecule has 0 aliphatic heterocycles. The molecular formula is C18H24Cl2FN3O2. The van der Waals surface area contributed by atoms with Crippen molar-refractivity contribution in [1.29, 1.82) is 0 Å². The van der Waals surface area contributed by atoms with E-state index in [2.05, 4.69) is 4.98 Å². The molecule has 26 heavy (non-hydrogen) atoms. The lowest BCUT2D eigenvalue weighted by Crippen LogP contribution is -2.39. The summed E-state index contributed by atoms with van der Waals surface area (Å²) >= 11 is 0. The average Bonchev–Trinajstić information content (AvgIpc) is 2.56. The molecule has 2 aromatic rings. The first-order chi connectivity index (χ1) is 11.4. The fourth-order valence-corrected chi connectivity index (χ4v) is 2.44. The third kappa shape index (κ3) is 6.21. The van der Waals surface area contributed by atoms with E-state index in [-0.39, 0.29) is 49.4 Å². The Kier molecular flexibility index (Phi) is 10.3. The van der Waals surface area contributed by atoms with Crippen molar-refractivity contribution < 1.29 is 14.3 Å². The minimum atomic E-state index is -0.937. The molecule has 5 nitrogen and oxygen atoms in total. The van der Waals surface area contributed by atoms with Crippen molar-refractivity contribution in [3.8, 4) is 0 Å². The second-order valence-corrected chi connectivity index (χ2v) is 5.93. The first-order valence-electron chi connectivity index (χ1n) is 7.72. The molecule has 0 aliphatic carbocycles. The SMILES string of the molecule is CN(C)C(=O)c1cccnc1C[C@H](O)[C@H](N)Cc1ccccc1F.Cl.Cl. The second kappa shape index (κ2) is 11.1. The van der Waals surface area contributed by atoms with Gasteiger partial charge < -0.3 is 15.7 Å². The lowest BCUT2D eigenvalue weighted by Gasteiger charge is -2.20. The Morgan fingerprint density at radius 3 is 2.46 bits per heavy atom. The van der Waals surface area contributed by atoms with Crippen LogP contribution in [0.15, 0.2) is 42.6 Å². The van der Waals surface area contributed by atoms with Gasteiger partial charge in [0.1, 0.15) is 5.82 Å². The summed E-state index contributed by atoms with van der Waals surface area (Å²) in [6.07, 6.45) is 0.966. The van der Waals surface area contributed by atoms with Gasteiger partial charge in [-0.2, -0.15) is 0 Å². The van der Waals surface area contributed by atoms with Crippen molar-refractivity contribution in [2.24, 2.45) is 5.73 Å². The maximum Gasteiger partial charge on any atom is 0.255 e. The van der Waals surface area contributed by atoms with Crippen LogP contribution >= 0.6 is 24.8 Å². The number of hydrogen-bond donors (Lipinski definition) is 2. The summed E-state index contributed by atoms with van der Waals surface area (Å²) in [6.45, 7) is 0. The van der Waals surface area contributed by atoms with Crippen LogP contribution in [0.4, 0.5) is 4.39 Å². The van der Waals surface area contributed by atoms with Gasteiger partial charge in [-0.05, 0) is 30.2 Å². The van der Waals surface area contributed by atoms with Crippen LogP contribution in [0, 0.1) is 5.82 Å². The number of halogens is 3. The summed E-state index contributed by atoms with van der Waals surface area (Å²) in [7, 11) is 3.30. The van der Waals surface area contributed by atoms with Crippen LogP contribution in [-0.4, -0.2) is 47.1 Å². The topological polar surface area (TPSA) is 79.5 Å². The van der Waals surface area contributed by atoms with Gasteiger partial charge in [-0.25, -0.2) is 4.39 Å². The third-order valence-electron chi connectivity index (χ3n) is 3.84. The summed E-state index contributed by atoms with van der Waals surface area (Å²) in [4.78, 5) is 17.8. The highest BCUT2D eigenvalue weighted by atomic mass is 35.5. The number of carbonyl (C=O) groups excluding carboxylic acids is 1. The van der Waals surface area contributed by atoms with Crippen molar-refractivity contribution in [2.75, 3.05) is 14.1 Å². The number of aliphatic hydroxyl groups is 1. The minimum absolute atomic E-state index is 0. The van der Waals surface area contributed by atoms with Gasteiger partial charge in [-0.3, -0.25) is 9.78 Å². The van der Waals surface area contributed by atoms with Crippen LogP contribution in [0.3, 0.4) is 0 Å². The van der Waals surface area contributed by atoms with Crippen LogP contribution < -0.4 is 5.73 Å². The number of rotatable bonds is 6. The van der Waals surface area contributed by atoms with Crippen molar-refractivity contribution in [2.45, 2.75) is 25.0 Å². The highest BCUT2D eigenvalue weighted by molar-refractivity contribution is 5.94. The number of aromatic nitrogens is 1. The molecule has 0 bridgehead atoms. The third-order valence-corrected chi connectivity index (χ3v) is 3.84. The molecule has 0 saturated heterocycles. The van der Waals surface area contributed by atoms with Gasteiger partial charge in [0.05, 0.1) is 17.4 Å². The zero-order valence-corrected chi connectivity index (χ0v) is 16.3. The quantitative estimate of drug-likeness (QED) is 0.774. The van der Waals surface area contributed by atoms with Crippen LogP contribution in [0.1, 0.15) is 21.6 Å². The fraction of sp³-hybridized carbons (Fsp3) is 0.333. The molecular weight excluding hydrogens is 380 g/mol. The summed E-state index contributed by atoms with van der Waals surface area (Å²) in [5, 5.41) is 10.4. The number of carbonyl (C=O) groups is 1. The fourth-order valence-electron chi connectivity index (χ4n) is 2.44. The number of benzene rings is 1. The van der Waals surface area contributed by atoms with Crippen molar-refractivity contribution >= 4 is 30.7 Å². The van der Waals surface area contributed by atoms with Crippen LogP contribution in [0.2, 0.25) is 0 Å². The lowest BCUT2D eigenvalue weighted by atomic mass is 9.97. The molecule has 3 N–H and O–H groups in total. The van der Waals surface area contributed by atoms with Gasteiger partial charge >= 0.3 is 0 Å². The Bertz CT molecular complexity index is 716. The number of hydrogen-bond acceptors (Lipinski definition) is 4. The predicted molar refractivity (Wildman–Crippen MR) is 105 cm³/mol. The molecule has 1 aromatic carbocycles. The molecule has 0 saturated carbocycles. The first-order valence-corrected chi connectivity index (χ1v) is 7.72. The Morgan fingerprint density at radius 2 is 1.85 bits per heavy atom. The highest BCUT2D eigenvalue weighted by Crippen LogP contribution is 2.14. The number of amides is 1. The van der Waals surface area contributed by atoms with Gasteiger partial charge in [0.2, 0.25) is 0 Å². The summed E-state index contributed by atoms with van der Waals surface area (Å²) in [6, 6.07) is 9.01. The zero-order chi connectivity index (χ0) is 17.7. The summed E-state index contributed by atoms with van der Waals surface area (Å²) in [5.41, 5.74) is 7.38. The molecule has 1 aromatic heterocycles. The van der Waals surface area contributed by atoms with Gasteiger partial charge in [0.25, 0.3) is 5.91 Å². The summed E-state index contributed by atoms with van der Waals surface area (Å²) in [5.74, 6) is -0.533. The average molecular weight is 404 g/mol. The smallest absolute Gasteiger partial charge is 0.255 e. The minimum Gasteiger partial charge on any atom is -0.391 e. The molecule has 144 valence electrons. The van der Waals surface area contributed by atoms with E-state index < -0.39 is 12.1 Å². The highest BCUT2D eigenvalue weighted by Gasteiger charge is 2.21. The molecule has 1 amide bonds. The summed E-state index contributed by atoms with van der Waals surface area (Å²) < 4.78 is 13.7. The van der Waals surface area contributed by atoms with Crippen molar-refractivity contribution in [3.63, 3.8) is 0 Å². The molecule has 0 spiro atoms. The maximum atomic E-state index is 13.7.